The van der Waals surface area contributed by atoms with Crippen LogP contribution in [0.5, 0.6) is 0 Å². The van der Waals surface area contributed by atoms with Crippen LogP contribution in [0.1, 0.15) is 53.6 Å². The number of amides is 3. The molecule has 7 nitrogen and oxygen atoms in total. The number of nitrogens with zero attached hydrogens (tertiary/aromatic N) is 1. The van der Waals surface area contributed by atoms with Crippen LogP contribution in [-0.4, -0.2) is 40.7 Å². The first-order chi connectivity index (χ1) is 12.9. The van der Waals surface area contributed by atoms with Crippen LogP contribution in [0.15, 0.2) is 18.2 Å². The molecule has 2 unspecified atom stereocenters. The first kappa shape index (κ1) is 16.9. The van der Waals surface area contributed by atoms with E-state index in [1.165, 1.54) is 0 Å². The molecular weight excluding hydrogens is 344 g/mol. The Morgan fingerprint density at radius 2 is 2.00 bits per heavy atom. The third-order valence-corrected chi connectivity index (χ3v) is 6.75. The summed E-state index contributed by atoms with van der Waals surface area (Å²) >= 11 is 0. The second-order valence-electron chi connectivity index (χ2n) is 8.55. The minimum Gasteiger partial charge on any atom is -0.327 e. The van der Waals surface area contributed by atoms with Gasteiger partial charge in [-0.2, -0.15) is 0 Å². The molecule has 3 amide bonds. The molecule has 7 heteroatoms. The molecule has 1 saturated heterocycles. The van der Waals surface area contributed by atoms with Gasteiger partial charge >= 0.3 is 0 Å². The topological polar surface area (TPSA) is 105 Å². The minimum atomic E-state index is -0.557. The molecule has 2 heterocycles. The summed E-state index contributed by atoms with van der Waals surface area (Å²) < 4.78 is 0. The van der Waals surface area contributed by atoms with E-state index in [4.69, 9.17) is 5.73 Å². The number of piperidine rings is 1. The predicted molar refractivity (Wildman–Crippen MR) is 97.4 cm³/mol. The molecule has 142 valence electrons. The summed E-state index contributed by atoms with van der Waals surface area (Å²) in [5.74, 6) is -0.752. The van der Waals surface area contributed by atoms with Crippen LogP contribution >= 0.6 is 0 Å². The highest BCUT2D eigenvalue weighted by molar-refractivity contribution is 6.05. The molecule has 2 aliphatic heterocycles. The Morgan fingerprint density at radius 1 is 1.22 bits per heavy atom. The first-order valence-electron chi connectivity index (χ1n) is 9.71. The van der Waals surface area contributed by atoms with Crippen LogP contribution in [-0.2, 0) is 22.7 Å². The molecule has 0 aromatic heterocycles. The summed E-state index contributed by atoms with van der Waals surface area (Å²) in [5, 5.41) is 5.90. The summed E-state index contributed by atoms with van der Waals surface area (Å²) in [6.45, 7) is 1.16. The van der Waals surface area contributed by atoms with Gasteiger partial charge < -0.3 is 16.0 Å². The van der Waals surface area contributed by atoms with E-state index in [9.17, 15) is 14.4 Å². The van der Waals surface area contributed by atoms with E-state index in [0.29, 0.717) is 36.0 Å². The number of hydrogen-bond donors (Lipinski definition) is 3. The molecule has 4 N–H and O–H groups in total. The monoisotopic (exact) mass is 368 g/mol. The van der Waals surface area contributed by atoms with Crippen LogP contribution in [0.4, 0.5) is 0 Å². The minimum absolute atomic E-state index is 0.118. The van der Waals surface area contributed by atoms with Crippen molar-refractivity contribution in [1.82, 2.24) is 15.5 Å². The zero-order valence-electron chi connectivity index (χ0n) is 15.2. The van der Waals surface area contributed by atoms with Gasteiger partial charge in [0, 0.05) is 37.2 Å². The van der Waals surface area contributed by atoms with Gasteiger partial charge in [-0.15, -0.1) is 0 Å². The van der Waals surface area contributed by atoms with Gasteiger partial charge in [0.2, 0.25) is 11.8 Å². The largest absolute Gasteiger partial charge is 0.327 e. The van der Waals surface area contributed by atoms with Crippen LogP contribution in [0.25, 0.3) is 0 Å². The van der Waals surface area contributed by atoms with E-state index in [1.807, 2.05) is 18.2 Å². The lowest BCUT2D eigenvalue weighted by atomic mass is 9.76. The molecule has 0 radical (unpaired) electrons. The van der Waals surface area contributed by atoms with Crippen molar-refractivity contribution in [3.05, 3.63) is 34.9 Å². The molecular formula is C20H24N4O3. The molecule has 1 aromatic rings. The maximum atomic E-state index is 12.8. The smallest absolute Gasteiger partial charge is 0.255 e. The van der Waals surface area contributed by atoms with Crippen molar-refractivity contribution < 1.29 is 14.4 Å². The van der Waals surface area contributed by atoms with Crippen molar-refractivity contribution in [2.45, 2.75) is 63.3 Å². The van der Waals surface area contributed by atoms with Gasteiger partial charge in [0.05, 0.1) is 0 Å². The summed E-state index contributed by atoms with van der Waals surface area (Å²) in [4.78, 5) is 37.9. The zero-order chi connectivity index (χ0) is 18.8. The van der Waals surface area contributed by atoms with Crippen LogP contribution in [0, 0.1) is 5.41 Å². The van der Waals surface area contributed by atoms with Crippen LogP contribution in [0.3, 0.4) is 0 Å². The van der Waals surface area contributed by atoms with Gasteiger partial charge in [0.1, 0.15) is 6.04 Å². The maximum Gasteiger partial charge on any atom is 0.255 e. The van der Waals surface area contributed by atoms with Crippen molar-refractivity contribution in [2.24, 2.45) is 11.1 Å². The van der Waals surface area contributed by atoms with E-state index in [-0.39, 0.29) is 24.1 Å². The Morgan fingerprint density at radius 3 is 2.70 bits per heavy atom. The van der Waals surface area contributed by atoms with Gasteiger partial charge in [0.15, 0.2) is 0 Å². The second kappa shape index (κ2) is 5.87. The van der Waals surface area contributed by atoms with Crippen LogP contribution in [0.2, 0.25) is 0 Å². The molecule has 4 aliphatic rings. The number of carbonyl (C=O) groups excluding carboxylic acids is 3. The Bertz CT molecular complexity index is 846. The molecule has 2 aliphatic carbocycles. The average Bonchev–Trinajstić information content (AvgIpc) is 3.18. The fraction of sp³-hybridized carbons (Fsp3) is 0.550. The molecule has 0 bridgehead atoms. The highest BCUT2D eigenvalue weighted by Gasteiger charge is 2.59. The number of fused-ring (bicyclic) bond motifs is 1. The SMILES string of the molecule is NC1CC12CC(NCc1ccc3c(c1)C(=O)N(C1CCC(=O)NC1=O)C3)C2. The van der Waals surface area contributed by atoms with Crippen molar-refractivity contribution in [3.8, 4) is 0 Å². The van der Waals surface area contributed by atoms with Gasteiger partial charge in [-0.05, 0) is 48.3 Å². The second-order valence-corrected chi connectivity index (χ2v) is 8.55. The highest BCUT2D eigenvalue weighted by Crippen LogP contribution is 2.59. The standard InChI is InChI=1S/C20H24N4O3/c21-16-8-20(16)6-13(7-20)22-9-11-1-2-12-10-24(19(27)14(12)5-11)15-3-4-17(25)23-18(15)26/h1-2,5,13,15-16,22H,3-4,6-10,21H2,(H,23,25,26). The van der Waals surface area contributed by atoms with E-state index < -0.39 is 6.04 Å². The Hall–Kier alpha value is -2.25. The normalized spacial score (nSPS) is 34.5. The summed E-state index contributed by atoms with van der Waals surface area (Å²) in [7, 11) is 0. The molecule has 2 atom stereocenters. The number of benzene rings is 1. The Kier molecular flexibility index (Phi) is 3.67. The predicted octanol–water partition coefficient (Wildman–Crippen LogP) is 0.417. The molecule has 27 heavy (non-hydrogen) atoms. The Balaban J connectivity index is 1.23. The van der Waals surface area contributed by atoms with E-state index in [1.54, 1.807) is 4.90 Å². The zero-order valence-corrected chi connectivity index (χ0v) is 15.2. The third-order valence-electron chi connectivity index (χ3n) is 6.75. The lowest BCUT2D eigenvalue weighted by Gasteiger charge is -2.37. The van der Waals surface area contributed by atoms with Crippen LogP contribution < -0.4 is 16.4 Å². The average molecular weight is 368 g/mol. The fourth-order valence-electron chi connectivity index (χ4n) is 4.89. The molecule has 5 rings (SSSR count). The van der Waals surface area contributed by atoms with E-state index in [0.717, 1.165) is 36.9 Å². The van der Waals surface area contributed by atoms with E-state index >= 15 is 0 Å². The number of hydrogen-bond acceptors (Lipinski definition) is 5. The molecule has 1 aromatic carbocycles. The number of nitrogens with two attached hydrogens (primary N) is 1. The Labute approximate surface area is 157 Å². The van der Waals surface area contributed by atoms with Gasteiger partial charge in [-0.25, -0.2) is 0 Å². The number of imide groups is 1. The molecule has 1 spiro atoms. The number of carbonyl (C=O) groups is 3. The van der Waals surface area contributed by atoms with Crippen molar-refractivity contribution >= 4 is 17.7 Å². The van der Waals surface area contributed by atoms with Gasteiger partial charge in [-0.1, -0.05) is 12.1 Å². The van der Waals surface area contributed by atoms with Crippen molar-refractivity contribution in [3.63, 3.8) is 0 Å². The quantitative estimate of drug-likeness (QED) is 0.668. The maximum absolute atomic E-state index is 12.8. The third kappa shape index (κ3) is 2.76. The van der Waals surface area contributed by atoms with Gasteiger partial charge in [0.25, 0.3) is 5.91 Å². The van der Waals surface area contributed by atoms with Gasteiger partial charge in [-0.3, -0.25) is 19.7 Å². The lowest BCUT2D eigenvalue weighted by molar-refractivity contribution is -0.136. The lowest BCUT2D eigenvalue weighted by Crippen LogP contribution is -2.52. The summed E-state index contributed by atoms with van der Waals surface area (Å²) in [6, 6.07) is 6.32. The summed E-state index contributed by atoms with van der Waals surface area (Å²) in [6.07, 6.45) is 4.14. The highest BCUT2D eigenvalue weighted by atomic mass is 16.2. The molecule has 3 fully saturated rings. The fourth-order valence-corrected chi connectivity index (χ4v) is 4.89. The van der Waals surface area contributed by atoms with Crippen molar-refractivity contribution in [2.75, 3.05) is 0 Å². The first-order valence-corrected chi connectivity index (χ1v) is 9.71. The van der Waals surface area contributed by atoms with E-state index in [2.05, 4.69) is 10.6 Å². The number of rotatable bonds is 4. The summed E-state index contributed by atoms with van der Waals surface area (Å²) in [5.41, 5.74) is 9.10. The van der Waals surface area contributed by atoms with Crippen molar-refractivity contribution in [1.29, 1.82) is 0 Å². The molecule has 2 saturated carbocycles. The number of nitrogens with one attached hydrogen (secondary N) is 2.